The van der Waals surface area contributed by atoms with E-state index in [4.69, 9.17) is 4.74 Å². The topological polar surface area (TPSA) is 50.4 Å². The average Bonchev–Trinajstić information content (AvgIpc) is 2.60. The molecular weight excluding hydrogens is 300 g/mol. The number of amides is 1. The number of unbranched alkanes of at least 4 members (excludes halogenated alkanes) is 1. The fourth-order valence-corrected chi connectivity index (χ4v) is 2.79. The third-order valence-electron chi connectivity index (χ3n) is 4.18. The first-order chi connectivity index (χ1) is 11.8. The number of carbonyl (C=O) groups excluding carboxylic acids is 1. The molecule has 0 fully saturated rings. The Balaban J connectivity index is 1.66. The molecule has 0 unspecified atom stereocenters. The molecule has 0 atom stereocenters. The highest BCUT2D eigenvalue weighted by molar-refractivity contribution is 5.92. The summed E-state index contributed by atoms with van der Waals surface area (Å²) in [7, 11) is 0. The van der Waals surface area contributed by atoms with Gasteiger partial charge in [-0.1, -0.05) is 31.1 Å². The summed E-state index contributed by atoms with van der Waals surface area (Å²) in [5, 5.41) is 6.14. The fourth-order valence-electron chi connectivity index (χ4n) is 2.79. The second kappa shape index (κ2) is 10.9. The lowest BCUT2D eigenvalue weighted by molar-refractivity contribution is -0.115. The SMILES string of the molecule is CCCCOc1cccc(NC(=O)CNCCC2=CCCCC2)c1. The highest BCUT2D eigenvalue weighted by Gasteiger charge is 2.05. The summed E-state index contributed by atoms with van der Waals surface area (Å²) in [5.41, 5.74) is 2.32. The standard InChI is InChI=1S/C20H30N2O2/c1-2-3-14-24-19-11-7-10-18(15-19)22-20(23)16-21-13-12-17-8-5-4-6-9-17/h7-8,10-11,15,21H,2-6,9,12-14,16H2,1H3,(H,22,23). The van der Waals surface area contributed by atoms with Gasteiger partial charge < -0.3 is 15.4 Å². The molecule has 24 heavy (non-hydrogen) atoms. The van der Waals surface area contributed by atoms with E-state index in [1.165, 1.54) is 31.3 Å². The van der Waals surface area contributed by atoms with Crippen molar-refractivity contribution >= 4 is 11.6 Å². The number of nitrogens with one attached hydrogen (secondary N) is 2. The van der Waals surface area contributed by atoms with Gasteiger partial charge in [0.15, 0.2) is 0 Å². The van der Waals surface area contributed by atoms with Crippen LogP contribution in [0.2, 0.25) is 0 Å². The van der Waals surface area contributed by atoms with Crippen molar-refractivity contribution in [1.29, 1.82) is 0 Å². The Morgan fingerprint density at radius 3 is 3.00 bits per heavy atom. The Morgan fingerprint density at radius 2 is 2.21 bits per heavy atom. The first-order valence-electron chi connectivity index (χ1n) is 9.19. The van der Waals surface area contributed by atoms with Gasteiger partial charge >= 0.3 is 0 Å². The minimum Gasteiger partial charge on any atom is -0.494 e. The number of hydrogen-bond donors (Lipinski definition) is 2. The highest BCUT2D eigenvalue weighted by atomic mass is 16.5. The normalized spacial score (nSPS) is 14.1. The quantitative estimate of drug-likeness (QED) is 0.497. The zero-order valence-electron chi connectivity index (χ0n) is 14.8. The summed E-state index contributed by atoms with van der Waals surface area (Å²) < 4.78 is 5.66. The number of carbonyl (C=O) groups is 1. The number of rotatable bonds is 10. The Bertz CT molecular complexity index is 540. The molecule has 1 aliphatic rings. The van der Waals surface area contributed by atoms with Crippen LogP contribution in [-0.2, 0) is 4.79 Å². The van der Waals surface area contributed by atoms with E-state index >= 15 is 0 Å². The van der Waals surface area contributed by atoms with Gasteiger partial charge in [-0.25, -0.2) is 0 Å². The zero-order chi connectivity index (χ0) is 17.0. The average molecular weight is 330 g/mol. The molecule has 132 valence electrons. The number of allylic oxidation sites excluding steroid dienone is 1. The third kappa shape index (κ3) is 7.18. The summed E-state index contributed by atoms with van der Waals surface area (Å²) in [6, 6.07) is 7.58. The molecule has 1 aromatic rings. The first kappa shape index (κ1) is 18.5. The van der Waals surface area contributed by atoms with Crippen molar-refractivity contribution in [3.63, 3.8) is 0 Å². The number of hydrogen-bond acceptors (Lipinski definition) is 3. The van der Waals surface area contributed by atoms with Gasteiger partial charge in [0.25, 0.3) is 0 Å². The molecule has 4 heteroatoms. The molecule has 2 N–H and O–H groups in total. The maximum Gasteiger partial charge on any atom is 0.238 e. The van der Waals surface area contributed by atoms with Crippen molar-refractivity contribution in [1.82, 2.24) is 5.32 Å². The van der Waals surface area contributed by atoms with E-state index in [9.17, 15) is 4.79 Å². The first-order valence-corrected chi connectivity index (χ1v) is 9.19. The van der Waals surface area contributed by atoms with Crippen LogP contribution in [0.5, 0.6) is 5.75 Å². The van der Waals surface area contributed by atoms with Crippen LogP contribution in [0.1, 0.15) is 51.9 Å². The van der Waals surface area contributed by atoms with Crippen LogP contribution < -0.4 is 15.4 Å². The van der Waals surface area contributed by atoms with Crippen molar-refractivity contribution in [3.05, 3.63) is 35.9 Å². The predicted molar refractivity (Wildman–Crippen MR) is 99.5 cm³/mol. The molecule has 0 aromatic heterocycles. The monoisotopic (exact) mass is 330 g/mol. The molecule has 0 heterocycles. The van der Waals surface area contributed by atoms with E-state index < -0.39 is 0 Å². The van der Waals surface area contributed by atoms with Crippen LogP contribution >= 0.6 is 0 Å². The van der Waals surface area contributed by atoms with E-state index in [0.717, 1.165) is 37.2 Å². The highest BCUT2D eigenvalue weighted by Crippen LogP contribution is 2.19. The summed E-state index contributed by atoms with van der Waals surface area (Å²) in [6.45, 7) is 4.05. The van der Waals surface area contributed by atoms with Gasteiger partial charge in [-0.3, -0.25) is 4.79 Å². The lowest BCUT2D eigenvalue weighted by Gasteiger charge is -2.13. The van der Waals surface area contributed by atoms with Crippen LogP contribution in [0.3, 0.4) is 0 Å². The van der Waals surface area contributed by atoms with E-state index in [1.54, 1.807) is 0 Å². The maximum atomic E-state index is 12.0. The molecule has 0 saturated carbocycles. The predicted octanol–water partition coefficient (Wildman–Crippen LogP) is 4.28. The lowest BCUT2D eigenvalue weighted by Crippen LogP contribution is -2.29. The second-order valence-corrected chi connectivity index (χ2v) is 6.31. The minimum atomic E-state index is -0.0154. The van der Waals surface area contributed by atoms with Crippen LogP contribution in [0.4, 0.5) is 5.69 Å². The number of ether oxygens (including phenoxy) is 1. The molecule has 0 spiro atoms. The van der Waals surface area contributed by atoms with Gasteiger partial charge in [0.05, 0.1) is 13.2 Å². The van der Waals surface area contributed by atoms with E-state index in [-0.39, 0.29) is 5.91 Å². The second-order valence-electron chi connectivity index (χ2n) is 6.31. The van der Waals surface area contributed by atoms with E-state index in [2.05, 4.69) is 23.6 Å². The minimum absolute atomic E-state index is 0.0154. The van der Waals surface area contributed by atoms with Crippen LogP contribution in [0.25, 0.3) is 0 Å². The van der Waals surface area contributed by atoms with Crippen molar-refractivity contribution in [2.45, 2.75) is 51.9 Å². The van der Waals surface area contributed by atoms with Crippen molar-refractivity contribution in [2.24, 2.45) is 0 Å². The molecule has 1 amide bonds. The van der Waals surface area contributed by atoms with Gasteiger partial charge in [0.2, 0.25) is 5.91 Å². The molecule has 4 nitrogen and oxygen atoms in total. The Hall–Kier alpha value is -1.81. The summed E-state index contributed by atoms with van der Waals surface area (Å²) in [4.78, 5) is 12.0. The molecular formula is C20H30N2O2. The summed E-state index contributed by atoms with van der Waals surface area (Å²) in [5.74, 6) is 0.789. The van der Waals surface area contributed by atoms with E-state index in [0.29, 0.717) is 13.2 Å². The molecule has 0 saturated heterocycles. The van der Waals surface area contributed by atoms with Crippen molar-refractivity contribution in [2.75, 3.05) is 25.0 Å². The molecule has 1 aliphatic carbocycles. The third-order valence-corrected chi connectivity index (χ3v) is 4.18. The number of benzene rings is 1. The van der Waals surface area contributed by atoms with Gasteiger partial charge in [-0.05, 0) is 57.2 Å². The van der Waals surface area contributed by atoms with Gasteiger partial charge in [-0.15, -0.1) is 0 Å². The molecule has 0 radical (unpaired) electrons. The molecule has 0 aliphatic heterocycles. The largest absolute Gasteiger partial charge is 0.494 e. The van der Waals surface area contributed by atoms with Gasteiger partial charge in [0.1, 0.15) is 5.75 Å². The Kier molecular flexibility index (Phi) is 8.39. The van der Waals surface area contributed by atoms with Crippen molar-refractivity contribution < 1.29 is 9.53 Å². The van der Waals surface area contributed by atoms with Crippen LogP contribution in [-0.4, -0.2) is 25.6 Å². The Morgan fingerprint density at radius 1 is 1.29 bits per heavy atom. The van der Waals surface area contributed by atoms with Crippen molar-refractivity contribution in [3.8, 4) is 5.75 Å². The Labute approximate surface area is 145 Å². The molecule has 0 bridgehead atoms. The summed E-state index contributed by atoms with van der Waals surface area (Å²) >= 11 is 0. The number of anilines is 1. The van der Waals surface area contributed by atoms with Crippen LogP contribution in [0.15, 0.2) is 35.9 Å². The smallest absolute Gasteiger partial charge is 0.238 e. The zero-order valence-corrected chi connectivity index (χ0v) is 14.8. The fraction of sp³-hybridized carbons (Fsp3) is 0.550. The lowest BCUT2D eigenvalue weighted by atomic mass is 9.97. The van der Waals surface area contributed by atoms with E-state index in [1.807, 2.05) is 24.3 Å². The molecule has 2 rings (SSSR count). The summed E-state index contributed by atoms with van der Waals surface area (Å²) in [6.07, 6.45) is 10.6. The van der Waals surface area contributed by atoms with Gasteiger partial charge in [-0.2, -0.15) is 0 Å². The molecule has 1 aromatic carbocycles. The maximum absolute atomic E-state index is 12.0. The van der Waals surface area contributed by atoms with Gasteiger partial charge in [0, 0.05) is 11.8 Å². The van der Waals surface area contributed by atoms with Crippen LogP contribution in [0, 0.1) is 0 Å².